The molecule has 0 aliphatic heterocycles. The van der Waals surface area contributed by atoms with Crippen LogP contribution in [0, 0.1) is 13.8 Å². The van der Waals surface area contributed by atoms with Crippen molar-refractivity contribution in [3.05, 3.63) is 44.3 Å². The van der Waals surface area contributed by atoms with Gasteiger partial charge in [-0.2, -0.15) is 0 Å². The van der Waals surface area contributed by atoms with Gasteiger partial charge in [-0.3, -0.25) is 4.79 Å². The van der Waals surface area contributed by atoms with E-state index in [-0.39, 0.29) is 11.3 Å². The zero-order valence-electron chi connectivity index (χ0n) is 9.41. The molecule has 0 bridgehead atoms. The number of aromatic nitrogens is 2. The molecule has 2 aromatic rings. The van der Waals surface area contributed by atoms with Gasteiger partial charge in [0.25, 0.3) is 5.56 Å². The van der Waals surface area contributed by atoms with Gasteiger partial charge in [-0.1, -0.05) is 0 Å². The third-order valence-electron chi connectivity index (χ3n) is 2.52. The van der Waals surface area contributed by atoms with Crippen LogP contribution in [0.3, 0.4) is 0 Å². The van der Waals surface area contributed by atoms with Crippen LogP contribution in [0.5, 0.6) is 5.75 Å². The molecule has 2 N–H and O–H groups in total. The van der Waals surface area contributed by atoms with E-state index in [9.17, 15) is 9.90 Å². The molecule has 0 unspecified atom stereocenters. The van der Waals surface area contributed by atoms with Gasteiger partial charge in [-0.05, 0) is 53.0 Å². The summed E-state index contributed by atoms with van der Waals surface area (Å²) in [7, 11) is 0. The highest BCUT2D eigenvalue weighted by Gasteiger charge is 2.07. The first kappa shape index (κ1) is 11.9. The molecule has 0 spiro atoms. The molecule has 1 aromatic heterocycles. The van der Waals surface area contributed by atoms with E-state index >= 15 is 0 Å². The Hall–Kier alpha value is -1.62. The molecule has 2 rings (SSSR count). The Morgan fingerprint density at radius 2 is 1.88 bits per heavy atom. The lowest BCUT2D eigenvalue weighted by atomic mass is 10.1. The summed E-state index contributed by atoms with van der Waals surface area (Å²) in [5.74, 6) is 0.762. The Balaban J connectivity index is 2.61. The van der Waals surface area contributed by atoms with Crippen LogP contribution in [0.1, 0.15) is 11.1 Å². The number of aromatic amines is 1. The molecule has 1 aromatic carbocycles. The van der Waals surface area contributed by atoms with Crippen molar-refractivity contribution in [3.63, 3.8) is 0 Å². The Labute approximate surface area is 106 Å². The maximum absolute atomic E-state index is 11.5. The highest BCUT2D eigenvalue weighted by atomic mass is 79.9. The van der Waals surface area contributed by atoms with E-state index in [4.69, 9.17) is 0 Å². The van der Waals surface area contributed by atoms with Crippen molar-refractivity contribution < 1.29 is 5.11 Å². The predicted molar refractivity (Wildman–Crippen MR) is 69.1 cm³/mol. The van der Waals surface area contributed by atoms with Crippen LogP contribution in [0.4, 0.5) is 0 Å². The van der Waals surface area contributed by atoms with Gasteiger partial charge in [-0.15, -0.1) is 0 Å². The van der Waals surface area contributed by atoms with Gasteiger partial charge in [-0.25, -0.2) is 4.98 Å². The van der Waals surface area contributed by atoms with Crippen molar-refractivity contribution in [1.29, 1.82) is 0 Å². The quantitative estimate of drug-likeness (QED) is 0.849. The van der Waals surface area contributed by atoms with E-state index in [2.05, 4.69) is 25.9 Å². The molecule has 88 valence electrons. The minimum Gasteiger partial charge on any atom is -0.507 e. The monoisotopic (exact) mass is 294 g/mol. The molecular formula is C12H11BrN2O2. The Bertz CT molecular complexity index is 612. The first-order valence-corrected chi connectivity index (χ1v) is 5.83. The smallest absolute Gasteiger partial charge is 0.265 e. The molecule has 17 heavy (non-hydrogen) atoms. The average molecular weight is 295 g/mol. The molecule has 0 amide bonds. The van der Waals surface area contributed by atoms with E-state index in [1.165, 1.54) is 6.20 Å². The maximum Gasteiger partial charge on any atom is 0.265 e. The molecule has 1 heterocycles. The summed E-state index contributed by atoms with van der Waals surface area (Å²) < 4.78 is 0.397. The molecule has 0 saturated carbocycles. The molecular weight excluding hydrogens is 284 g/mol. The van der Waals surface area contributed by atoms with Gasteiger partial charge in [0, 0.05) is 11.8 Å². The molecule has 0 fully saturated rings. The largest absolute Gasteiger partial charge is 0.507 e. The van der Waals surface area contributed by atoms with Gasteiger partial charge >= 0.3 is 0 Å². The van der Waals surface area contributed by atoms with E-state index in [0.29, 0.717) is 10.3 Å². The summed E-state index contributed by atoms with van der Waals surface area (Å²) in [6.07, 6.45) is 1.46. The summed E-state index contributed by atoms with van der Waals surface area (Å²) in [4.78, 5) is 18.3. The van der Waals surface area contributed by atoms with Gasteiger partial charge in [0.05, 0.1) is 0 Å². The second-order valence-corrected chi connectivity index (χ2v) is 4.72. The highest BCUT2D eigenvalue weighted by Crippen LogP contribution is 2.26. The average Bonchev–Trinajstić information content (AvgIpc) is 2.29. The number of benzene rings is 1. The number of hydrogen-bond acceptors (Lipinski definition) is 3. The molecule has 0 atom stereocenters. The number of nitrogens with zero attached hydrogens (tertiary/aromatic N) is 1. The lowest BCUT2D eigenvalue weighted by Crippen LogP contribution is -2.09. The van der Waals surface area contributed by atoms with Crippen molar-refractivity contribution >= 4 is 15.9 Å². The fraction of sp³-hybridized carbons (Fsp3) is 0.167. The normalized spacial score (nSPS) is 10.5. The molecule has 0 saturated heterocycles. The number of rotatable bonds is 1. The number of nitrogens with one attached hydrogen (secondary N) is 1. The van der Waals surface area contributed by atoms with Crippen LogP contribution in [0.25, 0.3) is 11.4 Å². The number of H-pyrrole nitrogens is 1. The third kappa shape index (κ3) is 2.24. The minimum absolute atomic E-state index is 0.224. The van der Waals surface area contributed by atoms with Crippen LogP contribution in [0.2, 0.25) is 0 Å². The van der Waals surface area contributed by atoms with Crippen LogP contribution < -0.4 is 5.56 Å². The number of aromatic hydroxyl groups is 1. The van der Waals surface area contributed by atoms with Crippen LogP contribution in [0.15, 0.2) is 27.6 Å². The first-order chi connectivity index (χ1) is 7.99. The highest BCUT2D eigenvalue weighted by molar-refractivity contribution is 9.10. The summed E-state index contributed by atoms with van der Waals surface area (Å²) in [5, 5.41) is 9.68. The zero-order chi connectivity index (χ0) is 12.6. The van der Waals surface area contributed by atoms with Crippen molar-refractivity contribution in [3.8, 4) is 17.1 Å². The molecule has 4 nitrogen and oxygen atoms in total. The number of hydrogen-bond donors (Lipinski definition) is 2. The Morgan fingerprint density at radius 3 is 2.41 bits per heavy atom. The predicted octanol–water partition coefficient (Wildman–Crippen LogP) is 2.52. The van der Waals surface area contributed by atoms with E-state index in [0.717, 1.165) is 16.7 Å². The van der Waals surface area contributed by atoms with E-state index in [1.54, 1.807) is 12.1 Å². The summed E-state index contributed by atoms with van der Waals surface area (Å²) in [6, 6.07) is 3.57. The van der Waals surface area contributed by atoms with Gasteiger partial charge in [0.2, 0.25) is 0 Å². The van der Waals surface area contributed by atoms with Crippen LogP contribution >= 0.6 is 15.9 Å². The van der Waals surface area contributed by atoms with Crippen molar-refractivity contribution in [2.75, 3.05) is 0 Å². The fourth-order valence-electron chi connectivity index (χ4n) is 1.62. The fourth-order valence-corrected chi connectivity index (χ4v) is 1.82. The topological polar surface area (TPSA) is 66.0 Å². The second-order valence-electron chi connectivity index (χ2n) is 3.87. The van der Waals surface area contributed by atoms with Crippen LogP contribution in [-0.4, -0.2) is 15.1 Å². The first-order valence-electron chi connectivity index (χ1n) is 5.04. The summed E-state index contributed by atoms with van der Waals surface area (Å²) in [6.45, 7) is 3.62. The SMILES string of the molecule is Cc1cc(-c2ncc(Br)c(=O)[nH]2)cc(C)c1O. The van der Waals surface area contributed by atoms with Crippen molar-refractivity contribution in [1.82, 2.24) is 9.97 Å². The molecule has 0 aliphatic carbocycles. The Kier molecular flexibility index (Phi) is 3.02. The van der Waals surface area contributed by atoms with E-state index in [1.807, 2.05) is 13.8 Å². The van der Waals surface area contributed by atoms with E-state index < -0.39 is 0 Å². The zero-order valence-corrected chi connectivity index (χ0v) is 11.0. The molecule has 0 radical (unpaired) electrons. The maximum atomic E-state index is 11.5. The molecule has 0 aliphatic rings. The Morgan fingerprint density at radius 1 is 1.29 bits per heavy atom. The summed E-state index contributed by atoms with van der Waals surface area (Å²) >= 11 is 3.10. The number of halogens is 1. The van der Waals surface area contributed by atoms with Crippen molar-refractivity contribution in [2.45, 2.75) is 13.8 Å². The lowest BCUT2D eigenvalue weighted by Gasteiger charge is -2.07. The summed E-state index contributed by atoms with van der Waals surface area (Å²) in [5.41, 5.74) is 2.07. The second kappa shape index (κ2) is 4.33. The minimum atomic E-state index is -0.224. The number of phenols is 1. The number of phenolic OH excluding ortho intramolecular Hbond substituents is 1. The van der Waals surface area contributed by atoms with Gasteiger partial charge in [0.15, 0.2) is 0 Å². The standard InChI is InChI=1S/C12H11BrN2O2/c1-6-3-8(4-7(2)10(6)16)11-14-5-9(13)12(17)15-11/h3-5,16H,1-2H3,(H,14,15,17). The number of aryl methyl sites for hydroxylation is 2. The van der Waals surface area contributed by atoms with Crippen molar-refractivity contribution in [2.24, 2.45) is 0 Å². The lowest BCUT2D eigenvalue weighted by molar-refractivity contribution is 0.467. The van der Waals surface area contributed by atoms with Crippen LogP contribution in [-0.2, 0) is 0 Å². The van der Waals surface area contributed by atoms with Gasteiger partial charge in [0.1, 0.15) is 16.0 Å². The third-order valence-corrected chi connectivity index (χ3v) is 3.09. The molecule has 5 heteroatoms. The van der Waals surface area contributed by atoms with Gasteiger partial charge < -0.3 is 10.1 Å².